The fourth-order valence-electron chi connectivity index (χ4n) is 2.05. The van der Waals surface area contributed by atoms with Gasteiger partial charge in [0.15, 0.2) is 0 Å². The van der Waals surface area contributed by atoms with Gasteiger partial charge in [0.2, 0.25) is 10.0 Å². The van der Waals surface area contributed by atoms with Crippen LogP contribution >= 0.6 is 0 Å². The number of nitrogen functional groups attached to an aromatic ring is 1. The highest BCUT2D eigenvalue weighted by atomic mass is 32.2. The molecule has 2 aromatic rings. The average Bonchev–Trinajstić information content (AvgIpc) is 2.47. The van der Waals surface area contributed by atoms with E-state index < -0.39 is 10.0 Å². The number of sulfonamides is 1. The first-order chi connectivity index (χ1) is 10.6. The summed E-state index contributed by atoms with van der Waals surface area (Å²) in [6, 6.07) is 8.58. The standard InChI is InChI=1S/C17H23N3O2S/c1-12-16(9-14(18)10-19-12)13-5-7-15(8-6-13)23(21,22)20-11-17(2,3)4/h5-10,20H,11,18H2,1-4H3. The van der Waals surface area contributed by atoms with Crippen LogP contribution in [-0.2, 0) is 10.0 Å². The van der Waals surface area contributed by atoms with E-state index in [1.54, 1.807) is 30.5 Å². The van der Waals surface area contributed by atoms with Gasteiger partial charge in [-0.1, -0.05) is 32.9 Å². The summed E-state index contributed by atoms with van der Waals surface area (Å²) in [5.74, 6) is 0. The van der Waals surface area contributed by atoms with Crippen molar-refractivity contribution >= 4 is 15.7 Å². The van der Waals surface area contributed by atoms with E-state index in [0.29, 0.717) is 12.2 Å². The Morgan fingerprint density at radius 1 is 1.17 bits per heavy atom. The number of pyridine rings is 1. The predicted molar refractivity (Wildman–Crippen MR) is 93.5 cm³/mol. The van der Waals surface area contributed by atoms with Crippen molar-refractivity contribution in [1.82, 2.24) is 9.71 Å². The molecule has 23 heavy (non-hydrogen) atoms. The first kappa shape index (κ1) is 17.4. The van der Waals surface area contributed by atoms with Crippen molar-refractivity contribution in [3.8, 4) is 11.1 Å². The number of rotatable bonds is 4. The van der Waals surface area contributed by atoms with E-state index in [4.69, 9.17) is 5.73 Å². The third-order valence-electron chi connectivity index (χ3n) is 3.38. The fraction of sp³-hybridized carbons (Fsp3) is 0.353. The van der Waals surface area contributed by atoms with Crippen LogP contribution in [0.1, 0.15) is 26.5 Å². The van der Waals surface area contributed by atoms with Crippen LogP contribution in [0, 0.1) is 12.3 Å². The van der Waals surface area contributed by atoms with Crippen LogP contribution in [-0.4, -0.2) is 19.9 Å². The normalized spacial score (nSPS) is 12.3. The zero-order valence-electron chi connectivity index (χ0n) is 13.9. The number of hydrogen-bond acceptors (Lipinski definition) is 4. The second-order valence-electron chi connectivity index (χ2n) is 6.81. The Morgan fingerprint density at radius 2 is 1.78 bits per heavy atom. The van der Waals surface area contributed by atoms with Gasteiger partial charge in [-0.15, -0.1) is 0 Å². The Labute approximate surface area is 138 Å². The van der Waals surface area contributed by atoms with E-state index in [1.807, 2.05) is 33.8 Å². The monoisotopic (exact) mass is 333 g/mol. The molecule has 6 heteroatoms. The molecule has 1 aromatic heterocycles. The lowest BCUT2D eigenvalue weighted by atomic mass is 9.98. The van der Waals surface area contributed by atoms with Crippen molar-refractivity contribution in [3.63, 3.8) is 0 Å². The number of aromatic nitrogens is 1. The lowest BCUT2D eigenvalue weighted by Crippen LogP contribution is -2.32. The Balaban J connectivity index is 2.27. The summed E-state index contributed by atoms with van der Waals surface area (Å²) >= 11 is 0. The van der Waals surface area contributed by atoms with Crippen molar-refractivity contribution in [1.29, 1.82) is 0 Å². The van der Waals surface area contributed by atoms with Gasteiger partial charge in [-0.2, -0.15) is 0 Å². The zero-order chi connectivity index (χ0) is 17.3. The predicted octanol–water partition coefficient (Wildman–Crippen LogP) is 2.96. The van der Waals surface area contributed by atoms with E-state index in [-0.39, 0.29) is 10.3 Å². The Morgan fingerprint density at radius 3 is 2.35 bits per heavy atom. The number of hydrogen-bond donors (Lipinski definition) is 2. The van der Waals surface area contributed by atoms with E-state index in [2.05, 4.69) is 9.71 Å². The maximum atomic E-state index is 12.3. The van der Waals surface area contributed by atoms with E-state index in [0.717, 1.165) is 16.8 Å². The number of anilines is 1. The largest absolute Gasteiger partial charge is 0.397 e. The molecule has 2 rings (SSSR count). The third-order valence-corrected chi connectivity index (χ3v) is 4.79. The number of benzene rings is 1. The molecule has 0 atom stereocenters. The Bertz CT molecular complexity index is 792. The van der Waals surface area contributed by atoms with Crippen LogP contribution in [0.4, 0.5) is 5.69 Å². The van der Waals surface area contributed by atoms with Crippen molar-refractivity contribution in [2.75, 3.05) is 12.3 Å². The fourth-order valence-corrected chi connectivity index (χ4v) is 3.33. The minimum Gasteiger partial charge on any atom is -0.397 e. The SMILES string of the molecule is Cc1ncc(N)cc1-c1ccc(S(=O)(=O)NCC(C)(C)C)cc1. The molecule has 1 aromatic carbocycles. The van der Waals surface area contributed by atoms with Crippen molar-refractivity contribution in [2.24, 2.45) is 5.41 Å². The zero-order valence-corrected chi connectivity index (χ0v) is 14.7. The van der Waals surface area contributed by atoms with Gasteiger partial charge >= 0.3 is 0 Å². The minimum absolute atomic E-state index is 0.114. The second kappa shape index (κ2) is 6.29. The Hall–Kier alpha value is -1.92. The number of nitrogens with one attached hydrogen (secondary N) is 1. The number of aryl methyl sites for hydroxylation is 1. The molecule has 0 aliphatic carbocycles. The highest BCUT2D eigenvalue weighted by Gasteiger charge is 2.18. The van der Waals surface area contributed by atoms with Crippen molar-refractivity contribution < 1.29 is 8.42 Å². The molecule has 0 amide bonds. The van der Waals surface area contributed by atoms with E-state index in [9.17, 15) is 8.42 Å². The molecular weight excluding hydrogens is 310 g/mol. The van der Waals surface area contributed by atoms with Gasteiger partial charge < -0.3 is 5.73 Å². The van der Waals surface area contributed by atoms with Gasteiger partial charge in [0, 0.05) is 17.8 Å². The summed E-state index contributed by atoms with van der Waals surface area (Å²) < 4.78 is 27.2. The number of nitrogens with zero attached hydrogens (tertiary/aromatic N) is 1. The van der Waals surface area contributed by atoms with Crippen LogP contribution in [0.5, 0.6) is 0 Å². The summed E-state index contributed by atoms with van der Waals surface area (Å²) in [6.45, 7) is 8.22. The summed E-state index contributed by atoms with van der Waals surface area (Å²) in [5.41, 5.74) is 8.87. The molecule has 1 heterocycles. The summed E-state index contributed by atoms with van der Waals surface area (Å²) in [4.78, 5) is 4.48. The topological polar surface area (TPSA) is 85.1 Å². The highest BCUT2D eigenvalue weighted by molar-refractivity contribution is 7.89. The Kier molecular flexibility index (Phi) is 4.77. The molecule has 0 aliphatic heterocycles. The second-order valence-corrected chi connectivity index (χ2v) is 8.58. The first-order valence-electron chi connectivity index (χ1n) is 7.41. The number of nitrogens with two attached hydrogens (primary N) is 1. The smallest absolute Gasteiger partial charge is 0.240 e. The average molecular weight is 333 g/mol. The van der Waals surface area contributed by atoms with Crippen LogP contribution in [0.2, 0.25) is 0 Å². The molecular formula is C17H23N3O2S. The minimum atomic E-state index is -3.50. The lowest BCUT2D eigenvalue weighted by molar-refractivity contribution is 0.407. The quantitative estimate of drug-likeness (QED) is 0.901. The van der Waals surface area contributed by atoms with E-state index >= 15 is 0 Å². The van der Waals surface area contributed by atoms with Gasteiger partial charge in [-0.3, -0.25) is 4.98 Å². The molecule has 0 bridgehead atoms. The maximum Gasteiger partial charge on any atom is 0.240 e. The van der Waals surface area contributed by atoms with Crippen molar-refractivity contribution in [3.05, 3.63) is 42.2 Å². The van der Waals surface area contributed by atoms with Gasteiger partial charge in [0.05, 0.1) is 16.8 Å². The molecule has 0 spiro atoms. The van der Waals surface area contributed by atoms with Crippen LogP contribution in [0.25, 0.3) is 11.1 Å². The third kappa shape index (κ3) is 4.53. The summed E-state index contributed by atoms with van der Waals surface area (Å²) in [6.07, 6.45) is 1.61. The van der Waals surface area contributed by atoms with Gasteiger partial charge in [-0.25, -0.2) is 13.1 Å². The summed E-state index contributed by atoms with van der Waals surface area (Å²) in [5, 5.41) is 0. The molecule has 5 nitrogen and oxygen atoms in total. The molecule has 124 valence electrons. The van der Waals surface area contributed by atoms with Crippen LogP contribution in [0.3, 0.4) is 0 Å². The molecule has 0 unspecified atom stereocenters. The molecule has 0 saturated carbocycles. The maximum absolute atomic E-state index is 12.3. The molecule has 0 aliphatic rings. The molecule has 0 fully saturated rings. The van der Waals surface area contributed by atoms with Gasteiger partial charge in [-0.05, 0) is 36.1 Å². The van der Waals surface area contributed by atoms with E-state index in [1.165, 1.54) is 0 Å². The molecule has 3 N–H and O–H groups in total. The van der Waals surface area contributed by atoms with Gasteiger partial charge in [0.25, 0.3) is 0 Å². The molecule has 0 radical (unpaired) electrons. The van der Waals surface area contributed by atoms with Crippen LogP contribution < -0.4 is 10.5 Å². The van der Waals surface area contributed by atoms with Gasteiger partial charge in [0.1, 0.15) is 0 Å². The first-order valence-corrected chi connectivity index (χ1v) is 8.89. The summed E-state index contributed by atoms with van der Waals surface area (Å²) in [7, 11) is -3.50. The van der Waals surface area contributed by atoms with Crippen molar-refractivity contribution in [2.45, 2.75) is 32.6 Å². The van der Waals surface area contributed by atoms with Crippen LogP contribution in [0.15, 0.2) is 41.4 Å². The highest BCUT2D eigenvalue weighted by Crippen LogP contribution is 2.25. The lowest BCUT2D eigenvalue weighted by Gasteiger charge is -2.18. The molecule has 0 saturated heterocycles.